The summed E-state index contributed by atoms with van der Waals surface area (Å²) in [4.78, 5) is 11.8. The minimum Gasteiger partial charge on any atom is -0.478 e. The van der Waals surface area contributed by atoms with Crippen molar-refractivity contribution in [2.75, 3.05) is 4.31 Å². The number of carboxylic acids is 1. The number of aromatic carboxylic acids is 1. The van der Waals surface area contributed by atoms with E-state index in [4.69, 9.17) is 0 Å². The molecule has 3 aromatic carbocycles. The SMILES string of the molecule is O=C(O)c1ccccc1N(Cc1ccc(Br)cc1)S(=O)(=O)c1ccccc1. The van der Waals surface area contributed by atoms with Crippen LogP contribution in [0.4, 0.5) is 5.69 Å². The second kappa shape index (κ2) is 7.94. The minimum atomic E-state index is -3.96. The molecule has 0 spiro atoms. The van der Waals surface area contributed by atoms with Crippen molar-refractivity contribution in [3.8, 4) is 0 Å². The van der Waals surface area contributed by atoms with Crippen molar-refractivity contribution in [2.45, 2.75) is 11.4 Å². The lowest BCUT2D eigenvalue weighted by atomic mass is 10.1. The molecule has 1 N–H and O–H groups in total. The van der Waals surface area contributed by atoms with Gasteiger partial charge in [-0.15, -0.1) is 0 Å². The monoisotopic (exact) mass is 445 g/mol. The Morgan fingerprint density at radius 2 is 1.48 bits per heavy atom. The third-order valence-electron chi connectivity index (χ3n) is 3.97. The number of anilines is 1. The van der Waals surface area contributed by atoms with Gasteiger partial charge in [-0.1, -0.05) is 58.4 Å². The predicted molar refractivity (Wildman–Crippen MR) is 107 cm³/mol. The van der Waals surface area contributed by atoms with Gasteiger partial charge in [0.25, 0.3) is 10.0 Å². The van der Waals surface area contributed by atoms with Crippen molar-refractivity contribution in [2.24, 2.45) is 0 Å². The molecule has 138 valence electrons. The van der Waals surface area contributed by atoms with Gasteiger partial charge in [-0.05, 0) is 42.0 Å². The van der Waals surface area contributed by atoms with Gasteiger partial charge in [-0.25, -0.2) is 13.2 Å². The van der Waals surface area contributed by atoms with Crippen LogP contribution in [0, 0.1) is 0 Å². The average Bonchev–Trinajstić information content (AvgIpc) is 2.68. The molecule has 0 atom stereocenters. The molecule has 0 aliphatic heterocycles. The Morgan fingerprint density at radius 1 is 0.889 bits per heavy atom. The quantitative estimate of drug-likeness (QED) is 0.603. The Balaban J connectivity index is 2.15. The van der Waals surface area contributed by atoms with Crippen LogP contribution >= 0.6 is 15.9 Å². The van der Waals surface area contributed by atoms with Gasteiger partial charge in [0.2, 0.25) is 0 Å². The van der Waals surface area contributed by atoms with Crippen LogP contribution in [0.2, 0.25) is 0 Å². The summed E-state index contributed by atoms with van der Waals surface area (Å²) in [5.74, 6) is -1.19. The zero-order valence-electron chi connectivity index (χ0n) is 14.1. The molecule has 0 radical (unpaired) electrons. The first kappa shape index (κ1) is 19.1. The molecule has 0 saturated heterocycles. The number of hydrogen-bond donors (Lipinski definition) is 1. The molecule has 0 aliphatic carbocycles. The minimum absolute atomic E-state index is 0.00873. The Hall–Kier alpha value is -2.64. The van der Waals surface area contributed by atoms with Gasteiger partial charge >= 0.3 is 5.97 Å². The number of benzene rings is 3. The van der Waals surface area contributed by atoms with Crippen LogP contribution in [0.1, 0.15) is 15.9 Å². The summed E-state index contributed by atoms with van der Waals surface area (Å²) >= 11 is 3.35. The second-order valence-electron chi connectivity index (χ2n) is 5.77. The smallest absolute Gasteiger partial charge is 0.337 e. The summed E-state index contributed by atoms with van der Waals surface area (Å²) in [6.45, 7) is 0.00873. The zero-order valence-corrected chi connectivity index (χ0v) is 16.5. The highest BCUT2D eigenvalue weighted by Crippen LogP contribution is 2.29. The maximum atomic E-state index is 13.3. The molecule has 27 heavy (non-hydrogen) atoms. The lowest BCUT2D eigenvalue weighted by molar-refractivity contribution is 0.0697. The molecule has 0 aliphatic rings. The van der Waals surface area contributed by atoms with Gasteiger partial charge in [0.15, 0.2) is 0 Å². The topological polar surface area (TPSA) is 74.7 Å². The Labute approximate surface area is 166 Å². The number of halogens is 1. The number of carboxylic acid groups (broad SMARTS) is 1. The second-order valence-corrected chi connectivity index (χ2v) is 8.55. The standard InChI is InChI=1S/C20H16BrNO4S/c21-16-12-10-15(11-13-16)14-22(19-9-5-4-8-18(19)20(23)24)27(25,26)17-6-2-1-3-7-17/h1-13H,14H2,(H,23,24). The Bertz CT molecular complexity index is 1050. The molecule has 0 bridgehead atoms. The maximum absolute atomic E-state index is 13.3. The molecule has 0 saturated carbocycles. The zero-order chi connectivity index (χ0) is 19.4. The Morgan fingerprint density at radius 3 is 2.11 bits per heavy atom. The lowest BCUT2D eigenvalue weighted by Crippen LogP contribution is -2.32. The van der Waals surface area contributed by atoms with E-state index >= 15 is 0 Å². The average molecular weight is 446 g/mol. The molecule has 3 aromatic rings. The Kier molecular flexibility index (Phi) is 5.62. The van der Waals surface area contributed by atoms with Gasteiger partial charge in [0, 0.05) is 4.47 Å². The van der Waals surface area contributed by atoms with E-state index in [1.807, 2.05) is 12.1 Å². The van der Waals surface area contributed by atoms with Gasteiger partial charge in [-0.2, -0.15) is 0 Å². The summed E-state index contributed by atoms with van der Waals surface area (Å²) < 4.78 is 28.6. The number of hydrogen-bond acceptors (Lipinski definition) is 3. The summed E-state index contributed by atoms with van der Waals surface area (Å²) in [5, 5.41) is 9.53. The normalized spacial score (nSPS) is 11.1. The largest absolute Gasteiger partial charge is 0.478 e. The van der Waals surface area contributed by atoms with Gasteiger partial charge in [0.05, 0.1) is 22.7 Å². The molecule has 0 fully saturated rings. The number of sulfonamides is 1. The summed E-state index contributed by atoms with van der Waals surface area (Å²) in [7, 11) is -3.96. The van der Waals surface area contributed by atoms with Crippen LogP contribution in [-0.4, -0.2) is 19.5 Å². The fraction of sp³-hybridized carbons (Fsp3) is 0.0500. The summed E-state index contributed by atoms with van der Waals surface area (Å²) in [5.41, 5.74) is 0.781. The van der Waals surface area contributed by atoms with Crippen LogP contribution in [-0.2, 0) is 16.6 Å². The molecular formula is C20H16BrNO4S. The molecule has 5 nitrogen and oxygen atoms in total. The number of para-hydroxylation sites is 1. The molecule has 0 amide bonds. The van der Waals surface area contributed by atoms with Crippen LogP contribution < -0.4 is 4.31 Å². The van der Waals surface area contributed by atoms with Crippen LogP contribution in [0.3, 0.4) is 0 Å². The van der Waals surface area contributed by atoms with Crippen LogP contribution in [0.15, 0.2) is 88.2 Å². The summed E-state index contributed by atoms with van der Waals surface area (Å²) in [6, 6.07) is 21.3. The van der Waals surface area contributed by atoms with Crippen molar-refractivity contribution < 1.29 is 18.3 Å². The first-order valence-electron chi connectivity index (χ1n) is 8.04. The van der Waals surface area contributed by atoms with E-state index in [0.29, 0.717) is 0 Å². The number of nitrogens with zero attached hydrogens (tertiary/aromatic N) is 1. The van der Waals surface area contributed by atoms with E-state index in [1.54, 1.807) is 42.5 Å². The third-order valence-corrected chi connectivity index (χ3v) is 6.28. The van der Waals surface area contributed by atoms with Gasteiger partial charge in [0.1, 0.15) is 0 Å². The molecule has 0 heterocycles. The number of rotatable bonds is 6. The highest BCUT2D eigenvalue weighted by Gasteiger charge is 2.28. The lowest BCUT2D eigenvalue weighted by Gasteiger charge is -2.26. The van der Waals surface area contributed by atoms with E-state index in [-0.39, 0.29) is 22.7 Å². The van der Waals surface area contributed by atoms with E-state index in [0.717, 1.165) is 14.3 Å². The van der Waals surface area contributed by atoms with E-state index in [1.165, 1.54) is 24.3 Å². The number of carbonyl (C=O) groups is 1. The highest BCUT2D eigenvalue weighted by atomic mass is 79.9. The van der Waals surface area contributed by atoms with Crippen molar-refractivity contribution in [1.82, 2.24) is 0 Å². The molecule has 7 heteroatoms. The molecule has 3 rings (SSSR count). The molecular weight excluding hydrogens is 430 g/mol. The maximum Gasteiger partial charge on any atom is 0.337 e. The van der Waals surface area contributed by atoms with Crippen molar-refractivity contribution in [1.29, 1.82) is 0 Å². The van der Waals surface area contributed by atoms with Gasteiger partial charge in [-0.3, -0.25) is 4.31 Å². The predicted octanol–water partition coefficient (Wildman–Crippen LogP) is 4.54. The fourth-order valence-corrected chi connectivity index (χ4v) is 4.40. The third kappa shape index (κ3) is 4.20. The van der Waals surface area contributed by atoms with E-state index < -0.39 is 16.0 Å². The molecule has 0 unspecified atom stereocenters. The van der Waals surface area contributed by atoms with E-state index in [2.05, 4.69) is 15.9 Å². The first-order valence-corrected chi connectivity index (χ1v) is 10.3. The molecule has 0 aromatic heterocycles. The fourth-order valence-electron chi connectivity index (χ4n) is 2.65. The van der Waals surface area contributed by atoms with Crippen molar-refractivity contribution >= 4 is 37.6 Å². The van der Waals surface area contributed by atoms with Crippen molar-refractivity contribution in [3.05, 3.63) is 94.5 Å². The van der Waals surface area contributed by atoms with Crippen molar-refractivity contribution in [3.63, 3.8) is 0 Å². The van der Waals surface area contributed by atoms with E-state index in [9.17, 15) is 18.3 Å². The highest BCUT2D eigenvalue weighted by molar-refractivity contribution is 9.10. The van der Waals surface area contributed by atoms with Crippen LogP contribution in [0.25, 0.3) is 0 Å². The summed E-state index contributed by atoms with van der Waals surface area (Å²) in [6.07, 6.45) is 0. The first-order chi connectivity index (χ1) is 12.9. The van der Waals surface area contributed by atoms with Crippen LogP contribution in [0.5, 0.6) is 0 Å². The van der Waals surface area contributed by atoms with Gasteiger partial charge < -0.3 is 5.11 Å².